The van der Waals surface area contributed by atoms with Crippen LogP contribution in [0.2, 0.25) is 0 Å². The molecule has 0 atom stereocenters. The minimum atomic E-state index is 0.217. The van der Waals surface area contributed by atoms with Crippen LogP contribution >= 0.6 is 0 Å². The summed E-state index contributed by atoms with van der Waals surface area (Å²) in [5.74, 6) is 2.97. The Kier molecular flexibility index (Phi) is 25.8. The Morgan fingerprint density at radius 1 is 0.216 bits per heavy atom. The molecule has 0 amide bonds. The van der Waals surface area contributed by atoms with Crippen LogP contribution in [-0.2, 0) is 28.4 Å². The maximum Gasteiger partial charge on any atom is 0.150 e. The summed E-state index contributed by atoms with van der Waals surface area (Å²) >= 11 is 0. The van der Waals surface area contributed by atoms with Crippen LogP contribution in [-0.4, -0.2) is 122 Å². The van der Waals surface area contributed by atoms with Crippen molar-refractivity contribution in [1.82, 2.24) is 0 Å². The zero-order chi connectivity index (χ0) is 62.6. The first kappa shape index (κ1) is 65.9. The molecule has 0 unspecified atom stereocenters. The van der Waals surface area contributed by atoms with Crippen LogP contribution < -0.4 is 28.4 Å². The number of methoxy groups -OCH3 is 6. The van der Waals surface area contributed by atoms with E-state index in [-0.39, 0.29) is 13.2 Å². The van der Waals surface area contributed by atoms with Gasteiger partial charge in [-0.05, 0) is 196 Å². The van der Waals surface area contributed by atoms with Crippen LogP contribution in [0.25, 0.3) is 64.6 Å². The van der Waals surface area contributed by atoms with E-state index in [0.717, 1.165) is 33.4 Å². The summed E-state index contributed by atoms with van der Waals surface area (Å²) < 4.78 is 70.2. The van der Waals surface area contributed by atoms with E-state index in [4.69, 9.17) is 56.8 Å². The lowest BCUT2D eigenvalue weighted by Gasteiger charge is -2.10. The monoisotopic (exact) mass is 1180 g/mol. The Hall–Kier alpha value is -9.64. The Morgan fingerprint density at radius 2 is 0.386 bits per heavy atom. The molecule has 0 aliphatic heterocycles. The lowest BCUT2D eigenvalue weighted by Crippen LogP contribution is -2.12. The highest BCUT2D eigenvalue weighted by molar-refractivity contribution is 5.86. The molecule has 0 aliphatic carbocycles. The standard InChI is InChI=1S/C76H72O12/c1-53-41-59-17-13-14-18-60-42-54(2)46-64(72(60)80-10)23-27-69-51-58(6)52-70(76(69)88-40-38-86-36-34-84-32-30-78-8)28-24-66-48-56(4)44-62(74(66)82-12)20-16-15-19-61-43-55(3)47-65(73(61)81-11)22-26-68-50-57(5)49-67(25-21-63(45-53)71(59)79-9)75(68)87-39-37-85-35-33-83-31-29-77-7/h41-52H,29-40H2,1-12H3. The second-order valence-electron chi connectivity index (χ2n) is 20.1. The fraction of sp³-hybridized carbons (Fsp3) is 0.316. The van der Waals surface area contributed by atoms with Crippen molar-refractivity contribution in [2.45, 2.75) is 41.5 Å². The van der Waals surface area contributed by atoms with Crippen molar-refractivity contribution in [3.8, 4) is 34.5 Å². The van der Waals surface area contributed by atoms with E-state index in [1.54, 1.807) is 42.7 Å². The first-order valence-corrected chi connectivity index (χ1v) is 28.6. The zero-order valence-corrected chi connectivity index (χ0v) is 52.3. The van der Waals surface area contributed by atoms with Crippen molar-refractivity contribution in [3.05, 3.63) is 203 Å². The third-order valence-electron chi connectivity index (χ3n) is 13.0. The SMILES string of the molecule is COCCOCCOCCOc1c2c#cc3cc(C)cc(c#cc#cc4cc(C)cc(c#cc5cc(C)cc(c#cc6cc(C)cc(c#cc#cc7cc(C)cc(c#cc1cc(C)c2)c7OC)c6OC)c5OCCOCCOCCOC)c4OC)c3OC. The lowest BCUT2D eigenvalue weighted by molar-refractivity contribution is 0.0181. The van der Waals surface area contributed by atoms with Crippen molar-refractivity contribution in [2.24, 2.45) is 0 Å². The summed E-state index contributed by atoms with van der Waals surface area (Å²) in [6, 6.07) is 75.7. The van der Waals surface area contributed by atoms with Gasteiger partial charge in [-0.1, -0.05) is 48.5 Å². The summed E-state index contributed by atoms with van der Waals surface area (Å²) in [6.07, 6.45) is 0. The molecule has 0 aliphatic rings. The molecule has 0 saturated carbocycles. The minimum absolute atomic E-state index is 0.217. The fourth-order valence-electron chi connectivity index (χ4n) is 9.21. The molecule has 88 heavy (non-hydrogen) atoms. The third kappa shape index (κ3) is 19.2. The van der Waals surface area contributed by atoms with Gasteiger partial charge in [0.2, 0.25) is 0 Å². The Bertz CT molecular complexity index is 3420. The lowest BCUT2D eigenvalue weighted by atomic mass is 10.1. The molecule has 0 fully saturated rings. The van der Waals surface area contributed by atoms with Crippen LogP contribution in [0.5, 0.6) is 34.5 Å². The van der Waals surface area contributed by atoms with Crippen molar-refractivity contribution in [2.75, 3.05) is 122 Å². The van der Waals surface area contributed by atoms with Gasteiger partial charge in [0.05, 0.1) is 159 Å². The van der Waals surface area contributed by atoms with E-state index < -0.39 is 0 Å². The smallest absolute Gasteiger partial charge is 0.150 e. The van der Waals surface area contributed by atoms with E-state index in [2.05, 4.69) is 97.1 Å². The van der Waals surface area contributed by atoms with Crippen LogP contribution in [0.3, 0.4) is 0 Å². The molecule has 12 heteroatoms. The normalized spacial score (nSPS) is 10.1. The molecule has 0 radical (unpaired) electrons. The van der Waals surface area contributed by atoms with Gasteiger partial charge in [-0.3, -0.25) is 0 Å². The molecule has 0 saturated heterocycles. The van der Waals surface area contributed by atoms with E-state index >= 15 is 0 Å². The largest absolute Gasteiger partial charge is 0.494 e. The highest BCUT2D eigenvalue weighted by atomic mass is 16.6. The number of benzene rings is 6. The molecular weight excluding hydrogens is 1100 g/mol. The Labute approximate surface area is 520 Å². The predicted molar refractivity (Wildman–Crippen MR) is 342 cm³/mol. The van der Waals surface area contributed by atoms with Gasteiger partial charge < -0.3 is 56.8 Å². The number of ether oxygens (including phenoxy) is 12. The summed E-state index contributed by atoms with van der Waals surface area (Å²) in [5, 5.41) is 7.40. The number of hydrogen-bond acceptors (Lipinski definition) is 12. The first-order valence-electron chi connectivity index (χ1n) is 28.6. The average molecular weight is 1180 g/mol. The molecular formula is C76H72O12. The van der Waals surface area contributed by atoms with Gasteiger partial charge in [-0.25, -0.2) is 0 Å². The molecule has 7 aromatic rings. The summed E-state index contributed by atoms with van der Waals surface area (Å²) in [7, 11) is 9.66. The van der Waals surface area contributed by atoms with E-state index in [1.165, 1.54) is 0 Å². The second kappa shape index (κ2) is 34.5. The Balaban J connectivity index is 1.47. The molecule has 12 nitrogen and oxygen atoms in total. The van der Waals surface area contributed by atoms with Crippen molar-refractivity contribution in [1.29, 1.82) is 0 Å². The van der Waals surface area contributed by atoms with Crippen LogP contribution in [0.15, 0.2) is 72.8 Å². The van der Waals surface area contributed by atoms with Crippen LogP contribution in [0.1, 0.15) is 33.4 Å². The van der Waals surface area contributed by atoms with E-state index in [0.29, 0.717) is 165 Å². The topological polar surface area (TPSA) is 111 Å². The summed E-state index contributed by atoms with van der Waals surface area (Å²) in [5.41, 5.74) is 5.53. The van der Waals surface area contributed by atoms with Gasteiger partial charge in [0.1, 0.15) is 36.2 Å². The highest BCUT2D eigenvalue weighted by Crippen LogP contribution is 2.31. The number of aryl methyl sites for hydroxylation is 6. The predicted octanol–water partition coefficient (Wildman–Crippen LogP) is 13.6. The fourth-order valence-corrected chi connectivity index (χ4v) is 9.21. The molecule has 0 N–H and O–H groups in total. The van der Waals surface area contributed by atoms with Gasteiger partial charge in [-0.2, -0.15) is 0 Å². The van der Waals surface area contributed by atoms with Gasteiger partial charge >= 0.3 is 0 Å². The number of rotatable bonds is 24. The average Bonchev–Trinajstić information content (AvgIpc) is 3.59. The molecule has 7 rings (SSSR count). The molecule has 12 bridgehead atoms. The maximum absolute atomic E-state index is 6.53. The van der Waals surface area contributed by atoms with Gasteiger partial charge in [0.15, 0.2) is 11.5 Å². The zero-order valence-electron chi connectivity index (χ0n) is 52.3. The minimum Gasteiger partial charge on any atom is -0.494 e. The second-order valence-corrected chi connectivity index (χ2v) is 20.1. The van der Waals surface area contributed by atoms with Crippen molar-refractivity contribution >= 4 is 64.6 Å². The molecule has 0 spiro atoms. The summed E-state index contributed by atoms with van der Waals surface area (Å²) in [4.78, 5) is 0. The van der Waals surface area contributed by atoms with Crippen LogP contribution in [0, 0.1) is 139 Å². The Morgan fingerprint density at radius 3 is 0.580 bits per heavy atom. The molecule has 0 heterocycles. The molecule has 7 aromatic carbocycles. The highest BCUT2D eigenvalue weighted by Gasteiger charge is 2.10. The van der Waals surface area contributed by atoms with Crippen molar-refractivity contribution in [3.63, 3.8) is 0 Å². The van der Waals surface area contributed by atoms with E-state index in [1.807, 2.05) is 114 Å². The van der Waals surface area contributed by atoms with Gasteiger partial charge in [0.25, 0.3) is 0 Å². The van der Waals surface area contributed by atoms with Gasteiger partial charge in [0, 0.05) is 14.2 Å². The third-order valence-corrected chi connectivity index (χ3v) is 13.0. The van der Waals surface area contributed by atoms with E-state index in [9.17, 15) is 0 Å². The van der Waals surface area contributed by atoms with Gasteiger partial charge in [-0.15, -0.1) is 0 Å². The van der Waals surface area contributed by atoms with Crippen LogP contribution in [0.4, 0.5) is 0 Å². The quantitative estimate of drug-likeness (QED) is 0.0537. The summed E-state index contributed by atoms with van der Waals surface area (Å²) in [6.45, 7) is 16.5. The molecule has 0 aromatic heterocycles. The van der Waals surface area contributed by atoms with Crippen molar-refractivity contribution < 1.29 is 56.8 Å². The molecule has 448 valence electrons. The first-order chi connectivity index (χ1) is 42.9. The maximum atomic E-state index is 6.53. The number of hydrogen-bond donors (Lipinski definition) is 0. The number of fused-ring (bicyclic) bond motifs is 12.